The van der Waals surface area contributed by atoms with E-state index in [9.17, 15) is 8.78 Å². The fourth-order valence-corrected chi connectivity index (χ4v) is 3.51. The summed E-state index contributed by atoms with van der Waals surface area (Å²) in [6, 6.07) is 8.69. The highest BCUT2D eigenvalue weighted by atomic mass is 19.1. The maximum absolute atomic E-state index is 14.0. The maximum atomic E-state index is 14.0. The number of rotatable bonds is 4. The first-order valence-corrected chi connectivity index (χ1v) is 8.84. The number of fused-ring (bicyclic) bond motifs is 1. The van der Waals surface area contributed by atoms with Crippen LogP contribution in [0, 0.1) is 11.6 Å². The summed E-state index contributed by atoms with van der Waals surface area (Å²) < 4.78 is 38.4. The summed E-state index contributed by atoms with van der Waals surface area (Å²) in [5.74, 6) is -1.85. The highest BCUT2D eigenvalue weighted by molar-refractivity contribution is 5.81. The molecule has 0 amide bonds. The number of aromatic nitrogens is 1. The zero-order valence-corrected chi connectivity index (χ0v) is 14.5. The lowest BCUT2D eigenvalue weighted by Crippen LogP contribution is -2.22. The predicted molar refractivity (Wildman–Crippen MR) is 96.4 cm³/mol. The average Bonchev–Trinajstić information content (AvgIpc) is 3.03. The van der Waals surface area contributed by atoms with Crippen LogP contribution >= 0.6 is 0 Å². The lowest BCUT2D eigenvalue weighted by molar-refractivity contribution is 0.360. The van der Waals surface area contributed by atoms with Crippen LogP contribution in [0.4, 0.5) is 14.8 Å². The third-order valence-corrected chi connectivity index (χ3v) is 4.86. The summed E-state index contributed by atoms with van der Waals surface area (Å²) in [6.07, 6.45) is 5.96. The van der Waals surface area contributed by atoms with Crippen LogP contribution < -0.4 is 10.1 Å². The number of ether oxygens (including phenoxy) is 1. The second kappa shape index (κ2) is 6.94. The van der Waals surface area contributed by atoms with E-state index in [4.69, 9.17) is 9.15 Å². The van der Waals surface area contributed by atoms with E-state index in [0.29, 0.717) is 34.3 Å². The van der Waals surface area contributed by atoms with Crippen molar-refractivity contribution in [2.75, 3.05) is 12.4 Å². The van der Waals surface area contributed by atoms with E-state index in [1.54, 1.807) is 18.2 Å². The molecule has 0 aliphatic heterocycles. The Labute approximate surface area is 150 Å². The Morgan fingerprint density at radius 3 is 2.46 bits per heavy atom. The van der Waals surface area contributed by atoms with E-state index < -0.39 is 11.6 Å². The van der Waals surface area contributed by atoms with Crippen molar-refractivity contribution in [3.63, 3.8) is 0 Å². The van der Waals surface area contributed by atoms with Crippen molar-refractivity contribution in [3.05, 3.63) is 42.0 Å². The van der Waals surface area contributed by atoms with Crippen molar-refractivity contribution in [2.45, 2.75) is 38.1 Å². The molecule has 6 heteroatoms. The third-order valence-electron chi connectivity index (χ3n) is 4.86. The summed E-state index contributed by atoms with van der Waals surface area (Å²) in [5.41, 5.74) is 2.38. The van der Waals surface area contributed by atoms with Gasteiger partial charge in [0.05, 0.1) is 7.11 Å². The van der Waals surface area contributed by atoms with Gasteiger partial charge in [-0.05, 0) is 48.2 Å². The number of anilines is 1. The lowest BCUT2D eigenvalue weighted by atomic mass is 9.96. The van der Waals surface area contributed by atoms with Gasteiger partial charge >= 0.3 is 0 Å². The Kier molecular flexibility index (Phi) is 4.49. The minimum absolute atomic E-state index is 0.379. The minimum atomic E-state index is -0.734. The average molecular weight is 358 g/mol. The van der Waals surface area contributed by atoms with Gasteiger partial charge in [0.2, 0.25) is 0 Å². The molecule has 1 aliphatic rings. The van der Waals surface area contributed by atoms with Crippen molar-refractivity contribution in [1.29, 1.82) is 0 Å². The number of nitrogens with zero attached hydrogens (tertiary/aromatic N) is 1. The molecule has 0 saturated heterocycles. The topological polar surface area (TPSA) is 47.3 Å². The molecule has 0 atom stereocenters. The van der Waals surface area contributed by atoms with Crippen LogP contribution in [-0.2, 0) is 0 Å². The van der Waals surface area contributed by atoms with Gasteiger partial charge in [-0.25, -0.2) is 8.78 Å². The Hall–Kier alpha value is -2.63. The summed E-state index contributed by atoms with van der Waals surface area (Å²) in [5, 5.41) is 3.35. The summed E-state index contributed by atoms with van der Waals surface area (Å²) in [4.78, 5) is 4.48. The molecule has 4 nitrogen and oxygen atoms in total. The van der Waals surface area contributed by atoms with Crippen molar-refractivity contribution >= 4 is 17.1 Å². The first-order valence-electron chi connectivity index (χ1n) is 8.84. The Morgan fingerprint density at radius 2 is 1.77 bits per heavy atom. The van der Waals surface area contributed by atoms with Crippen LogP contribution in [0.2, 0.25) is 0 Å². The summed E-state index contributed by atoms with van der Waals surface area (Å²) in [7, 11) is 1.24. The molecule has 2 aromatic carbocycles. The van der Waals surface area contributed by atoms with Gasteiger partial charge in [0, 0.05) is 6.04 Å². The molecule has 0 bridgehead atoms. The van der Waals surface area contributed by atoms with Crippen molar-refractivity contribution in [3.8, 4) is 16.9 Å². The number of oxazole rings is 1. The standard InChI is InChI=1S/C20H20F2N2O2/c1-25-19-15(21)9-13(10-16(19)22)12-7-8-18-17(11-12)24-20(26-18)23-14-5-3-2-4-6-14/h7-11,14H,2-6H2,1H3,(H,23,24). The van der Waals surface area contributed by atoms with Crippen LogP contribution in [0.5, 0.6) is 5.75 Å². The second-order valence-electron chi connectivity index (χ2n) is 6.65. The van der Waals surface area contributed by atoms with Gasteiger partial charge in [-0.3, -0.25) is 0 Å². The fraction of sp³-hybridized carbons (Fsp3) is 0.350. The Morgan fingerprint density at radius 1 is 1.04 bits per heavy atom. The van der Waals surface area contributed by atoms with Crippen LogP contribution in [0.3, 0.4) is 0 Å². The first kappa shape index (κ1) is 16.8. The molecule has 26 heavy (non-hydrogen) atoms. The Balaban J connectivity index is 1.63. The van der Waals surface area contributed by atoms with Gasteiger partial charge in [0.1, 0.15) is 5.52 Å². The normalized spacial score (nSPS) is 15.3. The number of hydrogen-bond acceptors (Lipinski definition) is 4. The van der Waals surface area contributed by atoms with E-state index in [1.807, 2.05) is 0 Å². The molecule has 0 radical (unpaired) electrons. The minimum Gasteiger partial charge on any atom is -0.491 e. The zero-order chi connectivity index (χ0) is 18.1. The highest BCUT2D eigenvalue weighted by Gasteiger charge is 2.17. The van der Waals surface area contributed by atoms with Gasteiger partial charge < -0.3 is 14.5 Å². The van der Waals surface area contributed by atoms with Crippen LogP contribution in [0.25, 0.3) is 22.2 Å². The van der Waals surface area contributed by atoms with Crippen molar-refractivity contribution < 1.29 is 17.9 Å². The largest absolute Gasteiger partial charge is 0.491 e. The molecule has 1 aromatic heterocycles. The van der Waals surface area contributed by atoms with E-state index in [0.717, 1.165) is 12.8 Å². The first-order chi connectivity index (χ1) is 12.6. The molecule has 1 fully saturated rings. The van der Waals surface area contributed by atoms with E-state index in [2.05, 4.69) is 10.3 Å². The number of methoxy groups -OCH3 is 1. The van der Waals surface area contributed by atoms with Crippen LogP contribution in [0.1, 0.15) is 32.1 Å². The number of hydrogen-bond donors (Lipinski definition) is 1. The molecule has 1 heterocycles. The van der Waals surface area contributed by atoms with E-state index in [-0.39, 0.29) is 5.75 Å². The number of nitrogens with one attached hydrogen (secondary N) is 1. The molecule has 0 spiro atoms. The molecule has 3 aromatic rings. The van der Waals surface area contributed by atoms with Crippen molar-refractivity contribution in [2.24, 2.45) is 0 Å². The molecule has 1 N–H and O–H groups in total. The smallest absolute Gasteiger partial charge is 0.295 e. The molecule has 1 saturated carbocycles. The lowest BCUT2D eigenvalue weighted by Gasteiger charge is -2.21. The zero-order valence-electron chi connectivity index (χ0n) is 14.5. The molecule has 0 unspecified atom stereocenters. The second-order valence-corrected chi connectivity index (χ2v) is 6.65. The predicted octanol–water partition coefficient (Wildman–Crippen LogP) is 5.53. The molecular formula is C20H20F2N2O2. The van der Waals surface area contributed by atoms with Gasteiger partial charge in [0.25, 0.3) is 6.01 Å². The molecule has 1 aliphatic carbocycles. The fourth-order valence-electron chi connectivity index (χ4n) is 3.51. The molecule has 4 rings (SSSR count). The molecular weight excluding hydrogens is 338 g/mol. The van der Waals surface area contributed by atoms with E-state index >= 15 is 0 Å². The van der Waals surface area contributed by atoms with Gasteiger partial charge in [-0.1, -0.05) is 25.3 Å². The molecule has 136 valence electrons. The van der Waals surface area contributed by atoms with Crippen LogP contribution in [-0.4, -0.2) is 18.1 Å². The highest BCUT2D eigenvalue weighted by Crippen LogP contribution is 2.31. The van der Waals surface area contributed by atoms with Gasteiger partial charge in [0.15, 0.2) is 23.0 Å². The SMILES string of the molecule is COc1c(F)cc(-c2ccc3oc(NC4CCCCC4)nc3c2)cc1F. The van der Waals surface area contributed by atoms with Gasteiger partial charge in [-0.15, -0.1) is 0 Å². The van der Waals surface area contributed by atoms with Gasteiger partial charge in [-0.2, -0.15) is 4.98 Å². The van der Waals surface area contributed by atoms with Crippen LogP contribution in [0.15, 0.2) is 34.7 Å². The maximum Gasteiger partial charge on any atom is 0.295 e. The third kappa shape index (κ3) is 3.23. The summed E-state index contributed by atoms with van der Waals surface area (Å²) in [6.45, 7) is 0. The summed E-state index contributed by atoms with van der Waals surface area (Å²) >= 11 is 0. The quantitative estimate of drug-likeness (QED) is 0.666. The number of halogens is 2. The monoisotopic (exact) mass is 358 g/mol. The number of benzene rings is 2. The Bertz CT molecular complexity index is 910. The van der Waals surface area contributed by atoms with Crippen molar-refractivity contribution in [1.82, 2.24) is 4.98 Å². The van der Waals surface area contributed by atoms with E-state index in [1.165, 1.54) is 38.5 Å².